The molecule has 168 valence electrons. The molecule has 0 bridgehead atoms. The number of rotatable bonds is 4. The first-order chi connectivity index (χ1) is 15.8. The van der Waals surface area contributed by atoms with Crippen molar-refractivity contribution in [3.05, 3.63) is 94.8 Å². The number of fused-ring (bicyclic) bond motifs is 1. The molecule has 0 N–H and O–H groups in total. The average Bonchev–Trinajstić information content (AvgIpc) is 3.34. The Balaban J connectivity index is 1.49. The summed E-state index contributed by atoms with van der Waals surface area (Å²) < 4.78 is 2.28. The topological polar surface area (TPSA) is 38.1 Å². The Morgan fingerprint density at radius 1 is 1.00 bits per heavy atom. The normalized spacial score (nSPS) is 16.7. The molecule has 1 aliphatic rings. The number of anilines is 1. The molecule has 3 aromatic carbocycles. The molecule has 0 saturated carbocycles. The predicted octanol–water partition coefficient (Wildman–Crippen LogP) is 6.56. The fourth-order valence-electron chi connectivity index (χ4n) is 4.64. The molecule has 1 atom stereocenters. The lowest BCUT2D eigenvalue weighted by Crippen LogP contribution is -2.24. The van der Waals surface area contributed by atoms with Crippen LogP contribution in [0.4, 0.5) is 5.69 Å². The lowest BCUT2D eigenvalue weighted by molar-refractivity contribution is -0.117. The second kappa shape index (κ2) is 8.35. The zero-order chi connectivity index (χ0) is 23.2. The van der Waals surface area contributed by atoms with Crippen molar-refractivity contribution in [3.63, 3.8) is 0 Å². The van der Waals surface area contributed by atoms with Gasteiger partial charge in [-0.05, 0) is 46.9 Å². The van der Waals surface area contributed by atoms with E-state index in [1.165, 1.54) is 11.1 Å². The number of hydrogen-bond acceptors (Lipinski definition) is 2. The maximum atomic E-state index is 12.9. The van der Waals surface area contributed by atoms with E-state index in [0.717, 1.165) is 29.1 Å². The minimum absolute atomic E-state index is 0.0257. The van der Waals surface area contributed by atoms with E-state index in [9.17, 15) is 4.79 Å². The summed E-state index contributed by atoms with van der Waals surface area (Å²) in [7, 11) is 0. The third-order valence-corrected chi connectivity index (χ3v) is 6.69. The van der Waals surface area contributed by atoms with Crippen LogP contribution in [0.15, 0.2) is 72.8 Å². The molecule has 4 aromatic rings. The van der Waals surface area contributed by atoms with Gasteiger partial charge < -0.3 is 9.47 Å². The molecule has 1 aromatic heterocycles. The number of carbonyl (C=O) groups excluding carboxylic acids is 1. The Kier molecular flexibility index (Phi) is 5.49. The second-order valence-corrected chi connectivity index (χ2v) is 10.3. The first-order valence-electron chi connectivity index (χ1n) is 11.4. The van der Waals surface area contributed by atoms with E-state index < -0.39 is 0 Å². The van der Waals surface area contributed by atoms with Crippen molar-refractivity contribution < 1.29 is 4.79 Å². The number of imidazole rings is 1. The summed E-state index contributed by atoms with van der Waals surface area (Å²) in [5, 5.41) is 0.634. The van der Waals surface area contributed by atoms with E-state index in [1.807, 2.05) is 47.4 Å². The molecule has 0 radical (unpaired) electrons. The summed E-state index contributed by atoms with van der Waals surface area (Å²) in [6, 6.07) is 24.6. The van der Waals surface area contributed by atoms with E-state index in [2.05, 4.69) is 55.7 Å². The minimum Gasteiger partial charge on any atom is -0.323 e. The quantitative estimate of drug-likeness (QED) is 0.348. The monoisotopic (exact) mass is 457 g/mol. The fourth-order valence-corrected chi connectivity index (χ4v) is 4.82. The van der Waals surface area contributed by atoms with E-state index in [4.69, 9.17) is 16.6 Å². The molecule has 1 amide bonds. The highest BCUT2D eigenvalue weighted by Gasteiger charge is 2.35. The number of amides is 1. The average molecular weight is 458 g/mol. The van der Waals surface area contributed by atoms with Crippen LogP contribution in [-0.2, 0) is 16.8 Å². The summed E-state index contributed by atoms with van der Waals surface area (Å²) in [5.74, 6) is 1.10. The van der Waals surface area contributed by atoms with Crippen LogP contribution in [0, 0.1) is 0 Å². The van der Waals surface area contributed by atoms with Crippen LogP contribution in [0.3, 0.4) is 0 Å². The van der Waals surface area contributed by atoms with E-state index in [-0.39, 0.29) is 17.2 Å². The molecular weight excluding hydrogens is 430 g/mol. The van der Waals surface area contributed by atoms with Gasteiger partial charge in [0.1, 0.15) is 5.82 Å². The minimum atomic E-state index is 0.0257. The predicted molar refractivity (Wildman–Crippen MR) is 135 cm³/mol. The zero-order valence-corrected chi connectivity index (χ0v) is 20.0. The van der Waals surface area contributed by atoms with Crippen molar-refractivity contribution in [2.45, 2.75) is 45.1 Å². The van der Waals surface area contributed by atoms with Crippen molar-refractivity contribution >= 4 is 34.2 Å². The number of hydrogen-bond donors (Lipinski definition) is 0. The number of halogens is 1. The molecule has 0 spiro atoms. The third-order valence-electron chi connectivity index (χ3n) is 6.45. The first kappa shape index (κ1) is 21.7. The van der Waals surface area contributed by atoms with Gasteiger partial charge in [-0.25, -0.2) is 4.98 Å². The van der Waals surface area contributed by atoms with Crippen LogP contribution in [0.25, 0.3) is 11.0 Å². The van der Waals surface area contributed by atoms with Crippen molar-refractivity contribution in [1.82, 2.24) is 9.55 Å². The Morgan fingerprint density at radius 3 is 2.48 bits per heavy atom. The first-order valence-corrected chi connectivity index (χ1v) is 11.8. The van der Waals surface area contributed by atoms with Gasteiger partial charge in [0.25, 0.3) is 0 Å². The molecule has 1 aliphatic heterocycles. The highest BCUT2D eigenvalue weighted by atomic mass is 35.5. The van der Waals surface area contributed by atoms with Crippen molar-refractivity contribution in [1.29, 1.82) is 0 Å². The summed E-state index contributed by atoms with van der Waals surface area (Å²) in [6.45, 7) is 8.01. The van der Waals surface area contributed by atoms with Crippen LogP contribution in [0.1, 0.15) is 50.1 Å². The summed E-state index contributed by atoms with van der Waals surface area (Å²) >= 11 is 6.18. The van der Waals surface area contributed by atoms with Crippen molar-refractivity contribution in [2.75, 3.05) is 11.4 Å². The smallest absolute Gasteiger partial charge is 0.227 e. The van der Waals surface area contributed by atoms with Gasteiger partial charge in [-0.2, -0.15) is 0 Å². The maximum absolute atomic E-state index is 12.9. The standard InChI is InChI=1S/C28H28ClN3O/c1-28(2,3)21-13-11-19(12-14-21)17-32-25-10-5-4-9-24(25)30-27(32)20-15-26(33)31(18-20)23-8-6-7-22(29)16-23/h4-14,16,20H,15,17-18H2,1-3H3. The summed E-state index contributed by atoms with van der Waals surface area (Å²) in [4.78, 5) is 19.7. The molecule has 33 heavy (non-hydrogen) atoms. The highest BCUT2D eigenvalue weighted by molar-refractivity contribution is 6.30. The number of nitrogens with zero attached hydrogens (tertiary/aromatic N) is 3. The van der Waals surface area contributed by atoms with Gasteiger partial charge in [0.2, 0.25) is 5.91 Å². The van der Waals surface area contributed by atoms with Gasteiger partial charge in [-0.3, -0.25) is 4.79 Å². The number of benzene rings is 3. The lowest BCUT2D eigenvalue weighted by Gasteiger charge is -2.20. The highest BCUT2D eigenvalue weighted by Crippen LogP contribution is 2.34. The fraction of sp³-hybridized carbons (Fsp3) is 0.286. The molecule has 5 rings (SSSR count). The molecule has 1 fully saturated rings. The van der Waals surface area contributed by atoms with Crippen molar-refractivity contribution in [2.24, 2.45) is 0 Å². The van der Waals surface area contributed by atoms with E-state index >= 15 is 0 Å². The van der Waals surface area contributed by atoms with Gasteiger partial charge in [-0.15, -0.1) is 0 Å². The molecule has 5 heteroatoms. The Morgan fingerprint density at radius 2 is 1.76 bits per heavy atom. The molecule has 4 nitrogen and oxygen atoms in total. The largest absolute Gasteiger partial charge is 0.323 e. The molecule has 2 heterocycles. The molecule has 1 saturated heterocycles. The zero-order valence-electron chi connectivity index (χ0n) is 19.3. The molecule has 0 aliphatic carbocycles. The Bertz CT molecular complexity index is 1320. The Labute approximate surface area is 199 Å². The second-order valence-electron chi connectivity index (χ2n) is 9.88. The summed E-state index contributed by atoms with van der Waals surface area (Å²) in [6.07, 6.45) is 0.443. The van der Waals surface area contributed by atoms with Gasteiger partial charge in [0.15, 0.2) is 0 Å². The SMILES string of the molecule is CC(C)(C)c1ccc(Cn2c(C3CC(=O)N(c4cccc(Cl)c4)C3)nc3ccccc32)cc1. The van der Waals surface area contributed by atoms with Gasteiger partial charge in [-0.1, -0.05) is 74.8 Å². The number of para-hydroxylation sites is 2. The van der Waals surface area contributed by atoms with Gasteiger partial charge >= 0.3 is 0 Å². The Hall–Kier alpha value is -3.11. The lowest BCUT2D eigenvalue weighted by atomic mass is 9.87. The van der Waals surface area contributed by atoms with Gasteiger partial charge in [0, 0.05) is 36.1 Å². The van der Waals surface area contributed by atoms with Crippen LogP contribution < -0.4 is 4.90 Å². The summed E-state index contributed by atoms with van der Waals surface area (Å²) in [5.41, 5.74) is 5.58. The van der Waals surface area contributed by atoms with Crippen LogP contribution in [0.2, 0.25) is 5.02 Å². The molecule has 1 unspecified atom stereocenters. The van der Waals surface area contributed by atoms with E-state index in [1.54, 1.807) is 0 Å². The third kappa shape index (κ3) is 4.28. The van der Waals surface area contributed by atoms with Crippen LogP contribution >= 0.6 is 11.6 Å². The molecular formula is C28H28ClN3O. The van der Waals surface area contributed by atoms with Crippen molar-refractivity contribution in [3.8, 4) is 0 Å². The van der Waals surface area contributed by atoms with Gasteiger partial charge in [0.05, 0.1) is 11.0 Å². The van der Waals surface area contributed by atoms with E-state index in [0.29, 0.717) is 18.0 Å². The van der Waals surface area contributed by atoms with Crippen LogP contribution in [0.5, 0.6) is 0 Å². The van der Waals surface area contributed by atoms with Crippen LogP contribution in [-0.4, -0.2) is 22.0 Å². The number of aromatic nitrogens is 2. The number of carbonyl (C=O) groups is 1. The maximum Gasteiger partial charge on any atom is 0.227 e.